The molecule has 0 amide bonds. The summed E-state index contributed by atoms with van der Waals surface area (Å²) in [6.45, 7) is 3.73. The van der Waals surface area contributed by atoms with Crippen molar-refractivity contribution >= 4 is 5.96 Å². The van der Waals surface area contributed by atoms with Crippen molar-refractivity contribution < 1.29 is 9.47 Å². The summed E-state index contributed by atoms with van der Waals surface area (Å²) in [5, 5.41) is 3.39. The Labute approximate surface area is 163 Å². The Kier molecular flexibility index (Phi) is 9.82. The molecule has 0 aromatic heterocycles. The molecular formula is C22H31N3O2. The molecule has 0 atom stereocenters. The molecule has 146 valence electrons. The van der Waals surface area contributed by atoms with E-state index in [2.05, 4.69) is 27.3 Å². The summed E-state index contributed by atoms with van der Waals surface area (Å²) >= 11 is 0. The Morgan fingerprint density at radius 1 is 0.963 bits per heavy atom. The van der Waals surface area contributed by atoms with Crippen LogP contribution in [0.25, 0.3) is 0 Å². The SMILES string of the molecule is CN=C(NCCCCOCc1ccccc1)N(C)CCOc1ccccc1. The number of nitrogens with one attached hydrogen (secondary N) is 1. The maximum atomic E-state index is 5.74. The van der Waals surface area contributed by atoms with Crippen molar-refractivity contribution in [1.29, 1.82) is 0 Å². The van der Waals surface area contributed by atoms with Gasteiger partial charge in [0.1, 0.15) is 12.4 Å². The van der Waals surface area contributed by atoms with E-state index in [1.807, 2.05) is 55.6 Å². The number of benzene rings is 2. The van der Waals surface area contributed by atoms with Gasteiger partial charge in [-0.05, 0) is 30.5 Å². The van der Waals surface area contributed by atoms with Crippen LogP contribution in [-0.4, -0.2) is 51.3 Å². The third-order valence-corrected chi connectivity index (χ3v) is 4.12. The third kappa shape index (κ3) is 8.60. The quantitative estimate of drug-likeness (QED) is 0.374. The first-order valence-corrected chi connectivity index (χ1v) is 9.51. The minimum absolute atomic E-state index is 0.620. The lowest BCUT2D eigenvalue weighted by atomic mass is 10.2. The van der Waals surface area contributed by atoms with Crippen LogP contribution in [0.3, 0.4) is 0 Å². The van der Waals surface area contributed by atoms with Gasteiger partial charge in [-0.3, -0.25) is 4.99 Å². The van der Waals surface area contributed by atoms with Gasteiger partial charge in [-0.2, -0.15) is 0 Å². The maximum absolute atomic E-state index is 5.74. The molecule has 0 bridgehead atoms. The lowest BCUT2D eigenvalue weighted by Crippen LogP contribution is -2.41. The van der Waals surface area contributed by atoms with Gasteiger partial charge in [0.25, 0.3) is 0 Å². The second-order valence-electron chi connectivity index (χ2n) is 6.30. The van der Waals surface area contributed by atoms with Crippen molar-refractivity contribution in [3.63, 3.8) is 0 Å². The van der Waals surface area contributed by atoms with Crippen molar-refractivity contribution in [2.45, 2.75) is 19.4 Å². The molecule has 27 heavy (non-hydrogen) atoms. The summed E-state index contributed by atoms with van der Waals surface area (Å²) in [7, 11) is 3.83. The molecule has 0 aliphatic heterocycles. The molecule has 0 unspecified atom stereocenters. The highest BCUT2D eigenvalue weighted by Crippen LogP contribution is 2.07. The van der Waals surface area contributed by atoms with Crippen LogP contribution < -0.4 is 10.1 Å². The molecule has 0 fully saturated rings. The van der Waals surface area contributed by atoms with Crippen molar-refractivity contribution in [1.82, 2.24) is 10.2 Å². The molecule has 0 saturated carbocycles. The molecule has 0 spiro atoms. The number of aliphatic imine (C=N–C) groups is 1. The number of hydrogen-bond acceptors (Lipinski definition) is 3. The van der Waals surface area contributed by atoms with Crippen molar-refractivity contribution in [3.8, 4) is 5.75 Å². The van der Waals surface area contributed by atoms with Crippen LogP contribution in [0.4, 0.5) is 0 Å². The Balaban J connectivity index is 1.52. The van der Waals surface area contributed by atoms with Gasteiger partial charge in [0.05, 0.1) is 13.2 Å². The lowest BCUT2D eigenvalue weighted by Gasteiger charge is -2.22. The van der Waals surface area contributed by atoms with Gasteiger partial charge in [0.2, 0.25) is 0 Å². The van der Waals surface area contributed by atoms with Gasteiger partial charge in [-0.25, -0.2) is 0 Å². The zero-order chi connectivity index (χ0) is 19.2. The number of rotatable bonds is 11. The summed E-state index contributed by atoms with van der Waals surface area (Å²) in [4.78, 5) is 6.41. The maximum Gasteiger partial charge on any atom is 0.193 e. The van der Waals surface area contributed by atoms with Crippen LogP contribution >= 0.6 is 0 Å². The second kappa shape index (κ2) is 12.8. The number of ether oxygens (including phenoxy) is 2. The minimum Gasteiger partial charge on any atom is -0.492 e. The summed E-state index contributed by atoms with van der Waals surface area (Å²) in [5.41, 5.74) is 1.22. The van der Waals surface area contributed by atoms with E-state index >= 15 is 0 Å². The number of para-hydroxylation sites is 1. The Morgan fingerprint density at radius 2 is 1.67 bits per heavy atom. The van der Waals surface area contributed by atoms with Crippen LogP contribution in [0.2, 0.25) is 0 Å². The van der Waals surface area contributed by atoms with E-state index in [9.17, 15) is 0 Å². The number of guanidine groups is 1. The molecule has 0 radical (unpaired) electrons. The summed E-state index contributed by atoms with van der Waals surface area (Å²) in [5.74, 6) is 1.78. The molecule has 2 aromatic carbocycles. The van der Waals surface area contributed by atoms with Crippen LogP contribution in [0.5, 0.6) is 5.75 Å². The molecule has 0 aliphatic carbocycles. The Hall–Kier alpha value is -2.53. The number of hydrogen-bond donors (Lipinski definition) is 1. The highest BCUT2D eigenvalue weighted by Gasteiger charge is 2.05. The zero-order valence-electron chi connectivity index (χ0n) is 16.4. The standard InChI is InChI=1S/C22H31N3O2/c1-23-22(25(2)16-18-27-21-13-7-4-8-14-21)24-15-9-10-17-26-19-20-11-5-3-6-12-20/h3-8,11-14H,9-10,15-19H2,1-2H3,(H,23,24). The normalized spacial score (nSPS) is 11.3. The van der Waals surface area contributed by atoms with Crippen molar-refractivity contribution in [3.05, 3.63) is 66.2 Å². The largest absolute Gasteiger partial charge is 0.492 e. The fourth-order valence-electron chi connectivity index (χ4n) is 2.60. The number of unbranched alkanes of at least 4 members (excludes halogenated alkanes) is 1. The van der Waals surface area contributed by atoms with E-state index < -0.39 is 0 Å². The van der Waals surface area contributed by atoms with Crippen molar-refractivity contribution in [2.75, 3.05) is 40.4 Å². The van der Waals surface area contributed by atoms with E-state index in [1.165, 1.54) is 5.56 Å². The first-order chi connectivity index (χ1) is 13.3. The lowest BCUT2D eigenvalue weighted by molar-refractivity contribution is 0.117. The van der Waals surface area contributed by atoms with Gasteiger partial charge in [0.15, 0.2) is 5.96 Å². The molecular weight excluding hydrogens is 338 g/mol. The van der Waals surface area contributed by atoms with E-state index in [-0.39, 0.29) is 0 Å². The molecule has 2 rings (SSSR count). The average Bonchev–Trinajstić information content (AvgIpc) is 2.71. The summed E-state index contributed by atoms with van der Waals surface area (Å²) < 4.78 is 11.4. The number of nitrogens with zero attached hydrogens (tertiary/aromatic N) is 2. The first-order valence-electron chi connectivity index (χ1n) is 9.51. The molecule has 5 nitrogen and oxygen atoms in total. The molecule has 0 aliphatic rings. The third-order valence-electron chi connectivity index (χ3n) is 4.12. The summed E-state index contributed by atoms with van der Waals surface area (Å²) in [6, 6.07) is 20.1. The monoisotopic (exact) mass is 369 g/mol. The first kappa shape index (κ1) is 20.8. The van der Waals surface area contributed by atoms with E-state index in [1.54, 1.807) is 7.05 Å². The van der Waals surface area contributed by atoms with Crippen molar-refractivity contribution in [2.24, 2.45) is 4.99 Å². The van der Waals surface area contributed by atoms with Gasteiger partial charge in [-0.1, -0.05) is 48.5 Å². The van der Waals surface area contributed by atoms with Crippen LogP contribution in [-0.2, 0) is 11.3 Å². The fraction of sp³-hybridized carbons (Fsp3) is 0.409. The summed E-state index contributed by atoms with van der Waals surface area (Å²) in [6.07, 6.45) is 2.07. The molecule has 1 N–H and O–H groups in total. The molecule has 5 heteroatoms. The zero-order valence-corrected chi connectivity index (χ0v) is 16.4. The van der Waals surface area contributed by atoms with E-state index in [0.29, 0.717) is 13.2 Å². The molecule has 2 aromatic rings. The second-order valence-corrected chi connectivity index (χ2v) is 6.30. The average molecular weight is 370 g/mol. The Morgan fingerprint density at radius 3 is 2.37 bits per heavy atom. The van der Waals surface area contributed by atoms with E-state index in [0.717, 1.165) is 44.2 Å². The minimum atomic E-state index is 0.620. The van der Waals surface area contributed by atoms with Gasteiger partial charge in [0, 0.05) is 27.2 Å². The Bertz CT molecular complexity index is 647. The van der Waals surface area contributed by atoms with Crippen LogP contribution in [0, 0.1) is 0 Å². The fourth-order valence-corrected chi connectivity index (χ4v) is 2.60. The molecule has 0 saturated heterocycles. The van der Waals surface area contributed by atoms with Gasteiger partial charge < -0.3 is 19.7 Å². The van der Waals surface area contributed by atoms with Gasteiger partial charge in [-0.15, -0.1) is 0 Å². The topological polar surface area (TPSA) is 46.1 Å². The smallest absolute Gasteiger partial charge is 0.193 e. The van der Waals surface area contributed by atoms with Crippen LogP contribution in [0.1, 0.15) is 18.4 Å². The van der Waals surface area contributed by atoms with E-state index in [4.69, 9.17) is 9.47 Å². The predicted molar refractivity (Wildman–Crippen MR) is 111 cm³/mol. The highest BCUT2D eigenvalue weighted by molar-refractivity contribution is 5.79. The number of likely N-dealkylation sites (N-methyl/N-ethyl adjacent to an activating group) is 1. The highest BCUT2D eigenvalue weighted by atomic mass is 16.5. The van der Waals surface area contributed by atoms with Gasteiger partial charge >= 0.3 is 0 Å². The molecule has 0 heterocycles. The van der Waals surface area contributed by atoms with Crippen LogP contribution in [0.15, 0.2) is 65.7 Å². The predicted octanol–water partition coefficient (Wildman–Crippen LogP) is 3.57.